The van der Waals surface area contributed by atoms with Crippen molar-refractivity contribution in [2.24, 2.45) is 10.3 Å². The summed E-state index contributed by atoms with van der Waals surface area (Å²) in [6.45, 7) is 0. The number of amides is 1. The minimum Gasteiger partial charge on any atom is -0.481 e. The van der Waals surface area contributed by atoms with Gasteiger partial charge in [-0.3, -0.25) is 9.59 Å². The molecule has 0 heterocycles. The first kappa shape index (κ1) is 24.8. The van der Waals surface area contributed by atoms with Crippen LogP contribution in [-0.4, -0.2) is 17.0 Å². The first-order valence-electron chi connectivity index (χ1n) is 8.47. The summed E-state index contributed by atoms with van der Waals surface area (Å²) in [7, 11) is 0. The minimum atomic E-state index is -4.92. The SMILES string of the molecule is N#Cc1ccc(C(F)(F)F)cc1N=NN(C(=O)CC(=O)O)c1cc(C(F)(F)F)ccc1C#N. The van der Waals surface area contributed by atoms with Gasteiger partial charge in [-0.1, -0.05) is 5.22 Å². The van der Waals surface area contributed by atoms with Gasteiger partial charge in [0.1, 0.15) is 24.2 Å². The number of carbonyl (C=O) groups excluding carboxylic acids is 1. The van der Waals surface area contributed by atoms with Gasteiger partial charge in [0.15, 0.2) is 0 Å². The molecule has 0 atom stereocenters. The maximum absolute atomic E-state index is 13.1. The topological polar surface area (TPSA) is 130 Å². The lowest BCUT2D eigenvalue weighted by atomic mass is 10.1. The second kappa shape index (κ2) is 9.35. The zero-order valence-corrected chi connectivity index (χ0v) is 15.9. The number of benzene rings is 2. The Morgan fingerprint density at radius 3 is 1.91 bits per heavy atom. The number of nitrogens with zero attached hydrogens (tertiary/aromatic N) is 5. The van der Waals surface area contributed by atoms with Crippen molar-refractivity contribution in [2.75, 3.05) is 5.01 Å². The molecule has 2 rings (SSSR count). The van der Waals surface area contributed by atoms with E-state index >= 15 is 0 Å². The highest BCUT2D eigenvalue weighted by atomic mass is 19.4. The van der Waals surface area contributed by atoms with Crippen molar-refractivity contribution in [3.8, 4) is 12.1 Å². The number of alkyl halides is 6. The second-order valence-corrected chi connectivity index (χ2v) is 6.15. The summed E-state index contributed by atoms with van der Waals surface area (Å²) in [5, 5.41) is 33.8. The number of halogens is 6. The molecule has 33 heavy (non-hydrogen) atoms. The first-order chi connectivity index (χ1) is 15.3. The monoisotopic (exact) mass is 469 g/mol. The number of hydrogen-bond acceptors (Lipinski definition) is 6. The molecule has 0 spiro atoms. The fourth-order valence-corrected chi connectivity index (χ4v) is 2.39. The van der Waals surface area contributed by atoms with Crippen molar-refractivity contribution in [3.63, 3.8) is 0 Å². The molecule has 0 saturated heterocycles. The lowest BCUT2D eigenvalue weighted by Gasteiger charge is -2.18. The number of carbonyl (C=O) groups is 2. The number of anilines is 1. The van der Waals surface area contributed by atoms with E-state index in [0.717, 1.165) is 6.07 Å². The van der Waals surface area contributed by atoms with Gasteiger partial charge >= 0.3 is 18.3 Å². The number of hydrogen-bond donors (Lipinski definition) is 1. The number of carboxylic acid groups (broad SMARTS) is 1. The molecule has 14 heteroatoms. The van der Waals surface area contributed by atoms with Crippen LogP contribution >= 0.6 is 0 Å². The predicted octanol–water partition coefficient (Wildman–Crippen LogP) is 4.97. The van der Waals surface area contributed by atoms with Crippen LogP contribution in [0.3, 0.4) is 0 Å². The maximum Gasteiger partial charge on any atom is 0.416 e. The van der Waals surface area contributed by atoms with E-state index in [1.54, 1.807) is 0 Å². The van der Waals surface area contributed by atoms with Gasteiger partial charge in [0.2, 0.25) is 0 Å². The minimum absolute atomic E-state index is 0.0450. The Morgan fingerprint density at radius 2 is 1.42 bits per heavy atom. The summed E-state index contributed by atoms with van der Waals surface area (Å²) in [4.78, 5) is 23.3. The van der Waals surface area contributed by atoms with Crippen LogP contribution in [-0.2, 0) is 21.9 Å². The Morgan fingerprint density at radius 1 is 0.909 bits per heavy atom. The number of carboxylic acids is 1. The average Bonchev–Trinajstić information content (AvgIpc) is 2.71. The molecule has 0 saturated carbocycles. The van der Waals surface area contributed by atoms with Crippen molar-refractivity contribution in [2.45, 2.75) is 18.8 Å². The Kier molecular flexibility index (Phi) is 7.03. The van der Waals surface area contributed by atoms with E-state index in [1.807, 2.05) is 0 Å². The van der Waals surface area contributed by atoms with Gasteiger partial charge in [-0.05, 0) is 36.4 Å². The summed E-state index contributed by atoms with van der Waals surface area (Å²) in [6, 6.07) is 6.31. The molecule has 0 unspecified atom stereocenters. The molecular weight excluding hydrogens is 460 g/mol. The average molecular weight is 469 g/mol. The van der Waals surface area contributed by atoms with E-state index in [0.29, 0.717) is 30.3 Å². The zero-order valence-electron chi connectivity index (χ0n) is 15.9. The first-order valence-corrected chi connectivity index (χ1v) is 8.47. The highest BCUT2D eigenvalue weighted by Crippen LogP contribution is 2.35. The van der Waals surface area contributed by atoms with Crippen LogP contribution in [0.15, 0.2) is 46.7 Å². The predicted molar refractivity (Wildman–Crippen MR) is 96.6 cm³/mol. The van der Waals surface area contributed by atoms with Crippen LogP contribution in [0.2, 0.25) is 0 Å². The van der Waals surface area contributed by atoms with Crippen LogP contribution < -0.4 is 5.01 Å². The molecule has 0 bridgehead atoms. The Bertz CT molecular complexity index is 1210. The van der Waals surface area contributed by atoms with Crippen LogP contribution in [0.5, 0.6) is 0 Å². The quantitative estimate of drug-likeness (QED) is 0.286. The molecule has 2 aromatic carbocycles. The highest BCUT2D eigenvalue weighted by Gasteiger charge is 2.33. The van der Waals surface area contributed by atoms with E-state index in [2.05, 4.69) is 10.3 Å². The summed E-state index contributed by atoms with van der Waals surface area (Å²) >= 11 is 0. The third kappa shape index (κ3) is 6.04. The van der Waals surface area contributed by atoms with E-state index in [4.69, 9.17) is 10.4 Å². The van der Waals surface area contributed by atoms with E-state index in [1.165, 1.54) is 12.1 Å². The summed E-state index contributed by atoms with van der Waals surface area (Å²) in [6.07, 6.45) is -11.1. The van der Waals surface area contributed by atoms with Crippen molar-refractivity contribution in [1.29, 1.82) is 10.5 Å². The molecular formula is C19H9F6N5O3. The third-order valence-electron chi connectivity index (χ3n) is 3.90. The van der Waals surface area contributed by atoms with Gasteiger partial charge in [-0.2, -0.15) is 41.9 Å². The molecule has 0 aliphatic carbocycles. The van der Waals surface area contributed by atoms with Gasteiger partial charge < -0.3 is 5.11 Å². The van der Waals surface area contributed by atoms with Crippen molar-refractivity contribution >= 4 is 23.3 Å². The van der Waals surface area contributed by atoms with Gasteiger partial charge in [0.05, 0.1) is 27.9 Å². The molecule has 1 amide bonds. The summed E-state index contributed by atoms with van der Waals surface area (Å²) in [5.41, 5.74) is -5.04. The van der Waals surface area contributed by atoms with Crippen LogP contribution in [0.1, 0.15) is 28.7 Å². The highest BCUT2D eigenvalue weighted by molar-refractivity contribution is 6.03. The van der Waals surface area contributed by atoms with Crippen LogP contribution in [0, 0.1) is 22.7 Å². The molecule has 0 aromatic heterocycles. The molecule has 0 fully saturated rings. The van der Waals surface area contributed by atoms with Crippen molar-refractivity contribution < 1.29 is 41.0 Å². The van der Waals surface area contributed by atoms with Crippen molar-refractivity contribution in [3.05, 3.63) is 58.7 Å². The molecule has 8 nitrogen and oxygen atoms in total. The lowest BCUT2D eigenvalue weighted by Crippen LogP contribution is -2.28. The van der Waals surface area contributed by atoms with Crippen LogP contribution in [0.25, 0.3) is 0 Å². The van der Waals surface area contributed by atoms with Crippen molar-refractivity contribution in [1.82, 2.24) is 0 Å². The Balaban J connectivity index is 2.69. The standard InChI is InChI=1S/C19H9F6N5O3/c20-18(21,22)12-3-1-10(8-26)14(5-12)28-29-30(16(31)7-17(32)33)15-6-13(19(23,24)25)4-2-11(15)9-27/h1-6H,7H2,(H,32,33). The van der Waals surface area contributed by atoms with Gasteiger partial charge in [-0.25, -0.2) is 0 Å². The molecule has 2 aromatic rings. The molecule has 1 N–H and O–H groups in total. The smallest absolute Gasteiger partial charge is 0.416 e. The van der Waals surface area contributed by atoms with Gasteiger partial charge in [-0.15, -0.1) is 5.11 Å². The Labute approximate surface area is 180 Å². The molecule has 0 aliphatic heterocycles. The fraction of sp³-hybridized carbons (Fsp3) is 0.158. The Hall–Kier alpha value is -4.46. The zero-order chi connectivity index (χ0) is 25.0. The maximum atomic E-state index is 13.1. The third-order valence-corrected chi connectivity index (χ3v) is 3.90. The number of rotatable bonds is 5. The second-order valence-electron chi connectivity index (χ2n) is 6.15. The van der Waals surface area contributed by atoms with E-state index in [-0.39, 0.29) is 5.01 Å². The number of aliphatic carboxylic acids is 1. The van der Waals surface area contributed by atoms with E-state index < -0.39 is 64.3 Å². The van der Waals surface area contributed by atoms with Gasteiger partial charge in [0, 0.05) is 0 Å². The largest absolute Gasteiger partial charge is 0.481 e. The number of nitriles is 2. The summed E-state index contributed by atoms with van der Waals surface area (Å²) < 4.78 is 78.2. The molecule has 0 aliphatic rings. The normalized spacial score (nSPS) is 11.6. The molecule has 0 radical (unpaired) electrons. The van der Waals surface area contributed by atoms with Crippen LogP contribution in [0.4, 0.5) is 37.7 Å². The fourth-order valence-electron chi connectivity index (χ4n) is 2.39. The van der Waals surface area contributed by atoms with Gasteiger partial charge in [0.25, 0.3) is 5.91 Å². The lowest BCUT2D eigenvalue weighted by molar-refractivity contribution is -0.141. The molecule has 170 valence electrons. The van der Waals surface area contributed by atoms with E-state index in [9.17, 15) is 41.2 Å². The summed E-state index contributed by atoms with van der Waals surface area (Å²) in [5.74, 6) is -3.16.